The van der Waals surface area contributed by atoms with Crippen LogP contribution in [0.2, 0.25) is 0 Å². The molecule has 0 aliphatic heterocycles. The van der Waals surface area contributed by atoms with Crippen LogP contribution in [0.1, 0.15) is 121 Å². The van der Waals surface area contributed by atoms with Gasteiger partial charge in [0.25, 0.3) is 0 Å². The van der Waals surface area contributed by atoms with E-state index in [1.54, 1.807) is 19.9 Å². The van der Waals surface area contributed by atoms with Gasteiger partial charge in [-0.1, -0.05) is 133 Å². The first-order valence-corrected chi connectivity index (χ1v) is 25.1. The lowest BCUT2D eigenvalue weighted by Crippen LogP contribution is -2.31. The molecule has 0 heterocycles. The summed E-state index contributed by atoms with van der Waals surface area (Å²) in [6.45, 7) is 19.5. The van der Waals surface area contributed by atoms with E-state index >= 15 is 4.39 Å². The largest absolute Gasteiger partial charge is 0.493 e. The molecule has 0 saturated carbocycles. The third-order valence-electron chi connectivity index (χ3n) is 13.1. The van der Waals surface area contributed by atoms with Gasteiger partial charge in [0.15, 0.2) is 0 Å². The van der Waals surface area contributed by atoms with Crippen LogP contribution < -0.4 is 4.74 Å². The van der Waals surface area contributed by atoms with Gasteiger partial charge in [0.05, 0.1) is 33.0 Å². The minimum absolute atomic E-state index is 0.150. The number of hydrogen-bond donors (Lipinski definition) is 2. The summed E-state index contributed by atoms with van der Waals surface area (Å²) in [6, 6.07) is 31.2. The molecule has 0 aliphatic rings. The van der Waals surface area contributed by atoms with Gasteiger partial charge in [-0.2, -0.15) is 0 Å². The molecule has 0 saturated heterocycles. The van der Waals surface area contributed by atoms with Gasteiger partial charge in [-0.15, -0.1) is 0 Å². The highest BCUT2D eigenvalue weighted by molar-refractivity contribution is 5.87. The van der Waals surface area contributed by atoms with Crippen LogP contribution in [-0.4, -0.2) is 55.2 Å². The van der Waals surface area contributed by atoms with Crippen LogP contribution in [0.4, 0.5) is 4.39 Å². The van der Waals surface area contributed by atoms with Gasteiger partial charge in [0.2, 0.25) is 0 Å². The van der Waals surface area contributed by atoms with Gasteiger partial charge in [-0.05, 0) is 163 Å². The number of aryl methyl sites for hydroxylation is 5. The van der Waals surface area contributed by atoms with E-state index in [0.29, 0.717) is 61.0 Å². The summed E-state index contributed by atoms with van der Waals surface area (Å²) in [5.41, 5.74) is 13.0. The Morgan fingerprint density at radius 1 is 0.536 bits per heavy atom. The minimum atomic E-state index is -0.666. The van der Waals surface area contributed by atoms with Crippen LogP contribution in [0, 0.1) is 11.2 Å². The lowest BCUT2D eigenvalue weighted by atomic mass is 9.82. The molecule has 0 bridgehead atoms. The number of halogens is 1. The van der Waals surface area contributed by atoms with Gasteiger partial charge >= 0.3 is 11.9 Å². The number of carbonyl (C=O) groups is 2. The summed E-state index contributed by atoms with van der Waals surface area (Å²) in [5.74, 6) is -0.405. The zero-order chi connectivity index (χ0) is 49.9. The molecule has 0 atom stereocenters. The highest BCUT2D eigenvalue weighted by atomic mass is 19.1. The number of esters is 2. The van der Waals surface area contributed by atoms with E-state index in [1.807, 2.05) is 25.1 Å². The van der Waals surface area contributed by atoms with Crippen molar-refractivity contribution in [3.05, 3.63) is 149 Å². The molecule has 0 radical (unpaired) electrons. The predicted molar refractivity (Wildman–Crippen MR) is 280 cm³/mol. The summed E-state index contributed by atoms with van der Waals surface area (Å²) in [4.78, 5) is 24.6. The zero-order valence-electron chi connectivity index (χ0n) is 42.1. The molecule has 0 unspecified atom stereocenters. The van der Waals surface area contributed by atoms with Crippen molar-refractivity contribution in [1.82, 2.24) is 0 Å². The van der Waals surface area contributed by atoms with Crippen molar-refractivity contribution >= 4 is 11.9 Å². The van der Waals surface area contributed by atoms with Gasteiger partial charge in [-0.25, -0.2) is 14.0 Å². The van der Waals surface area contributed by atoms with Crippen LogP contribution >= 0.6 is 0 Å². The summed E-state index contributed by atoms with van der Waals surface area (Å²) in [5, 5.41) is 20.6. The van der Waals surface area contributed by atoms with Gasteiger partial charge < -0.3 is 24.4 Å². The third-order valence-corrected chi connectivity index (χ3v) is 13.1. The molecular weight excluding hydrogens is 864 g/mol. The summed E-state index contributed by atoms with van der Waals surface area (Å²) in [7, 11) is 0. The van der Waals surface area contributed by atoms with Gasteiger partial charge in [0.1, 0.15) is 11.6 Å². The molecule has 0 aromatic heterocycles. The Bertz CT molecular complexity index is 2460. The lowest BCUT2D eigenvalue weighted by molar-refractivity contribution is -0.139. The van der Waals surface area contributed by atoms with Gasteiger partial charge in [0, 0.05) is 22.1 Å². The second-order valence-corrected chi connectivity index (χ2v) is 18.6. The molecule has 8 heteroatoms. The average Bonchev–Trinajstić information content (AvgIpc) is 3.36. The van der Waals surface area contributed by atoms with E-state index in [-0.39, 0.29) is 38.9 Å². The maximum absolute atomic E-state index is 16.0. The normalized spacial score (nSPS) is 11.4. The highest BCUT2D eigenvalue weighted by Crippen LogP contribution is 2.39. The second kappa shape index (κ2) is 26.8. The molecule has 7 nitrogen and oxygen atoms in total. The lowest BCUT2D eigenvalue weighted by Gasteiger charge is -2.30. The van der Waals surface area contributed by atoms with Gasteiger partial charge in [-0.3, -0.25) is 0 Å². The number of carbonyl (C=O) groups excluding carboxylic acids is 2. The molecule has 0 amide bonds. The van der Waals surface area contributed by atoms with Crippen LogP contribution in [0.15, 0.2) is 115 Å². The van der Waals surface area contributed by atoms with Crippen molar-refractivity contribution in [3.8, 4) is 50.3 Å². The first-order valence-electron chi connectivity index (χ1n) is 25.1. The minimum Gasteiger partial charge on any atom is -0.493 e. The highest BCUT2D eigenvalue weighted by Gasteiger charge is 2.28. The molecule has 5 aromatic carbocycles. The van der Waals surface area contributed by atoms with Crippen molar-refractivity contribution in [1.29, 1.82) is 0 Å². The Morgan fingerprint density at radius 3 is 1.52 bits per heavy atom. The zero-order valence-corrected chi connectivity index (χ0v) is 42.1. The molecule has 2 N–H and O–H groups in total. The van der Waals surface area contributed by atoms with E-state index in [0.717, 1.165) is 86.9 Å². The smallest absolute Gasteiger partial charge is 0.333 e. The number of aliphatic hydroxyl groups excluding tert-OH is 2. The van der Waals surface area contributed by atoms with Crippen LogP contribution in [0.25, 0.3) is 44.5 Å². The standard InChI is InChI=1S/C61H75FO7/c1-9-13-14-17-44-20-22-47(23-21-44)50-26-29-56(57(62)39-50)55-28-25-49(36-46(55)12-4)48-24-27-54(45(11-3)35-48)53-37-51(18-15-32-68-59(65)42(5)6)58(67-34-31-61(40-63,41-64)30-10-2)52(38-53)19-16-33-69-60(66)43(7)8/h20-29,35-39,63-64H,5,7,9-19,30-34,40-41H2,1-4,6,8H3. The molecule has 0 aliphatic carbocycles. The number of aliphatic hydroxyl groups is 2. The first kappa shape index (κ1) is 54.1. The molecule has 0 spiro atoms. The summed E-state index contributed by atoms with van der Waals surface area (Å²) in [6.07, 6.45) is 10.3. The quantitative estimate of drug-likeness (QED) is 0.0292. The molecule has 0 fully saturated rings. The number of ether oxygens (including phenoxy) is 3. The van der Waals surface area contributed by atoms with E-state index in [9.17, 15) is 19.8 Å². The fourth-order valence-electron chi connectivity index (χ4n) is 8.99. The Balaban J connectivity index is 1.49. The van der Waals surface area contributed by atoms with Crippen LogP contribution in [-0.2, 0) is 51.2 Å². The first-order chi connectivity index (χ1) is 33.3. The topological polar surface area (TPSA) is 102 Å². The van der Waals surface area contributed by atoms with E-state index < -0.39 is 17.4 Å². The monoisotopic (exact) mass is 939 g/mol. The van der Waals surface area contributed by atoms with E-state index in [2.05, 4.69) is 101 Å². The Labute approximate surface area is 411 Å². The molecule has 5 rings (SSSR count). The maximum Gasteiger partial charge on any atom is 0.333 e. The number of benzene rings is 5. The molecular formula is C61H75FO7. The third kappa shape index (κ3) is 14.8. The SMILES string of the molecule is C=C(C)C(=O)OCCCc1cc(-c2ccc(-c3ccc(-c4ccc(-c5ccc(CCCCC)cc5)cc4F)c(CC)c3)cc2CC)cc(CCCOC(=O)C(=C)C)c1OCCC(CO)(CO)CCC. The summed E-state index contributed by atoms with van der Waals surface area (Å²) < 4.78 is 33.7. The second-order valence-electron chi connectivity index (χ2n) is 18.6. The number of rotatable bonds is 28. The Kier molecular flexibility index (Phi) is 21.0. The van der Waals surface area contributed by atoms with Crippen molar-refractivity contribution in [2.24, 2.45) is 5.41 Å². The predicted octanol–water partition coefficient (Wildman–Crippen LogP) is 14.0. The Morgan fingerprint density at radius 2 is 1.03 bits per heavy atom. The molecule has 69 heavy (non-hydrogen) atoms. The van der Waals surface area contributed by atoms with Crippen molar-refractivity contribution < 1.29 is 38.4 Å². The maximum atomic E-state index is 16.0. The average molecular weight is 939 g/mol. The summed E-state index contributed by atoms with van der Waals surface area (Å²) >= 11 is 0. The van der Waals surface area contributed by atoms with Crippen LogP contribution in [0.5, 0.6) is 5.75 Å². The van der Waals surface area contributed by atoms with Crippen molar-refractivity contribution in [2.75, 3.05) is 33.0 Å². The number of unbranched alkanes of at least 4 members (excludes halogenated alkanes) is 2. The molecule has 5 aromatic rings. The van der Waals surface area contributed by atoms with E-state index in [1.165, 1.54) is 24.8 Å². The number of hydrogen-bond acceptors (Lipinski definition) is 7. The Hall–Kier alpha value is -5.83. The molecule has 368 valence electrons. The fourth-order valence-corrected chi connectivity index (χ4v) is 8.99. The van der Waals surface area contributed by atoms with Crippen molar-refractivity contribution in [2.45, 2.75) is 125 Å². The fraction of sp³-hybridized carbons (Fsp3) is 0.410. The van der Waals surface area contributed by atoms with Crippen molar-refractivity contribution in [3.63, 3.8) is 0 Å². The van der Waals surface area contributed by atoms with Crippen LogP contribution in [0.3, 0.4) is 0 Å². The van der Waals surface area contributed by atoms with E-state index in [4.69, 9.17) is 14.2 Å².